The minimum Gasteiger partial charge on any atom is -0.497 e. The maximum atomic E-state index is 12.6. The minimum absolute atomic E-state index is 0.0660. The van der Waals surface area contributed by atoms with Gasteiger partial charge in [0.2, 0.25) is 5.91 Å². The molecule has 1 amide bonds. The number of hydrogen-bond donors (Lipinski definition) is 0. The number of amides is 1. The van der Waals surface area contributed by atoms with Crippen LogP contribution in [-0.4, -0.2) is 24.5 Å². The summed E-state index contributed by atoms with van der Waals surface area (Å²) in [6.45, 7) is 0.806. The predicted octanol–water partition coefficient (Wildman–Crippen LogP) is 4.83. The van der Waals surface area contributed by atoms with E-state index in [9.17, 15) is 4.79 Å². The molecule has 1 unspecified atom stereocenters. The molecule has 1 aliphatic heterocycles. The van der Waals surface area contributed by atoms with E-state index in [1.54, 1.807) is 13.2 Å². The number of nitrogens with zero attached hydrogens (tertiary/aromatic N) is 1. The molecule has 0 bridgehead atoms. The number of rotatable bonds is 4. The normalized spacial score (nSPS) is 17.4. The summed E-state index contributed by atoms with van der Waals surface area (Å²) < 4.78 is 6.24. The van der Waals surface area contributed by atoms with Crippen LogP contribution >= 0.6 is 15.9 Å². The van der Waals surface area contributed by atoms with Crippen LogP contribution in [0.4, 0.5) is 0 Å². The molecule has 3 nitrogen and oxygen atoms in total. The standard InChI is InChI=1S/C20H20BrNO2/c1-24-18-11-7-16(8-12-18)19-3-2-14-22(19)20(23)13-6-15-4-9-17(21)10-5-15/h4-13,19H,2-3,14H2,1H3/b13-6+. The van der Waals surface area contributed by atoms with E-state index in [0.29, 0.717) is 0 Å². The first-order valence-corrected chi connectivity index (χ1v) is 8.85. The van der Waals surface area contributed by atoms with Gasteiger partial charge in [0.15, 0.2) is 0 Å². The Morgan fingerprint density at radius 3 is 2.54 bits per heavy atom. The molecule has 1 fully saturated rings. The van der Waals surface area contributed by atoms with Crippen LogP contribution in [0.1, 0.15) is 30.0 Å². The van der Waals surface area contributed by atoms with Crippen LogP contribution in [0.2, 0.25) is 0 Å². The van der Waals surface area contributed by atoms with E-state index in [0.717, 1.165) is 35.2 Å². The first kappa shape index (κ1) is 16.8. The monoisotopic (exact) mass is 385 g/mol. The summed E-state index contributed by atoms with van der Waals surface area (Å²) in [7, 11) is 1.66. The molecular formula is C20H20BrNO2. The maximum absolute atomic E-state index is 12.6. The van der Waals surface area contributed by atoms with E-state index in [1.807, 2.05) is 59.5 Å². The van der Waals surface area contributed by atoms with Gasteiger partial charge in [0.25, 0.3) is 0 Å². The van der Waals surface area contributed by atoms with E-state index < -0.39 is 0 Å². The van der Waals surface area contributed by atoms with E-state index in [-0.39, 0.29) is 11.9 Å². The lowest BCUT2D eigenvalue weighted by Gasteiger charge is -2.24. The maximum Gasteiger partial charge on any atom is 0.247 e. The topological polar surface area (TPSA) is 29.5 Å². The number of carbonyl (C=O) groups is 1. The molecule has 0 radical (unpaired) electrons. The fraction of sp³-hybridized carbons (Fsp3) is 0.250. The summed E-state index contributed by atoms with van der Waals surface area (Å²) in [6.07, 6.45) is 5.59. The summed E-state index contributed by atoms with van der Waals surface area (Å²) in [6, 6.07) is 16.1. The number of ether oxygens (including phenoxy) is 1. The fourth-order valence-electron chi connectivity index (χ4n) is 3.04. The van der Waals surface area contributed by atoms with Crippen LogP contribution in [-0.2, 0) is 4.79 Å². The van der Waals surface area contributed by atoms with Crippen LogP contribution < -0.4 is 4.74 Å². The Hall–Kier alpha value is -2.07. The van der Waals surface area contributed by atoms with Gasteiger partial charge in [-0.2, -0.15) is 0 Å². The molecule has 4 heteroatoms. The molecule has 0 spiro atoms. The number of halogens is 1. The van der Waals surface area contributed by atoms with Crippen molar-refractivity contribution in [2.24, 2.45) is 0 Å². The lowest BCUT2D eigenvalue weighted by molar-refractivity contribution is -0.126. The van der Waals surface area contributed by atoms with Gasteiger partial charge in [-0.05, 0) is 54.3 Å². The summed E-state index contributed by atoms with van der Waals surface area (Å²) in [5.41, 5.74) is 2.19. The van der Waals surface area contributed by atoms with Crippen LogP contribution in [0.25, 0.3) is 6.08 Å². The zero-order valence-electron chi connectivity index (χ0n) is 13.6. The molecule has 1 aliphatic rings. The number of carbonyl (C=O) groups excluding carboxylic acids is 1. The van der Waals surface area contributed by atoms with Crippen molar-refractivity contribution in [3.05, 3.63) is 70.2 Å². The number of likely N-dealkylation sites (tertiary alicyclic amines) is 1. The van der Waals surface area contributed by atoms with E-state index in [1.165, 1.54) is 5.56 Å². The first-order chi connectivity index (χ1) is 11.7. The summed E-state index contributed by atoms with van der Waals surface area (Å²) in [4.78, 5) is 14.6. The van der Waals surface area contributed by atoms with Crippen molar-refractivity contribution in [3.8, 4) is 5.75 Å². The second kappa shape index (κ2) is 7.67. The Morgan fingerprint density at radius 2 is 1.88 bits per heavy atom. The highest BCUT2D eigenvalue weighted by Gasteiger charge is 2.28. The highest BCUT2D eigenvalue weighted by Crippen LogP contribution is 2.33. The second-order valence-electron chi connectivity index (χ2n) is 5.85. The molecule has 124 valence electrons. The van der Waals surface area contributed by atoms with Crippen LogP contribution in [0.5, 0.6) is 5.75 Å². The molecule has 3 rings (SSSR count). The SMILES string of the molecule is COc1ccc(C2CCCN2C(=O)/C=C/c2ccc(Br)cc2)cc1. The third-order valence-corrected chi connectivity index (χ3v) is 4.85. The van der Waals surface area contributed by atoms with Crippen molar-refractivity contribution in [1.82, 2.24) is 4.90 Å². The zero-order valence-corrected chi connectivity index (χ0v) is 15.2. The van der Waals surface area contributed by atoms with Gasteiger partial charge >= 0.3 is 0 Å². The van der Waals surface area contributed by atoms with Crippen molar-refractivity contribution >= 4 is 27.9 Å². The third-order valence-electron chi connectivity index (χ3n) is 4.32. The second-order valence-corrected chi connectivity index (χ2v) is 6.76. The van der Waals surface area contributed by atoms with Gasteiger partial charge in [-0.1, -0.05) is 40.2 Å². The largest absolute Gasteiger partial charge is 0.497 e. The molecule has 24 heavy (non-hydrogen) atoms. The molecule has 1 atom stereocenters. The van der Waals surface area contributed by atoms with Crippen LogP contribution in [0.3, 0.4) is 0 Å². The molecule has 0 N–H and O–H groups in total. The quantitative estimate of drug-likeness (QED) is 0.705. The number of hydrogen-bond acceptors (Lipinski definition) is 2. The smallest absolute Gasteiger partial charge is 0.247 e. The minimum atomic E-state index is 0.0660. The van der Waals surface area contributed by atoms with Crippen LogP contribution in [0.15, 0.2) is 59.1 Å². The molecule has 2 aromatic rings. The van der Waals surface area contributed by atoms with E-state index in [4.69, 9.17) is 4.74 Å². The van der Waals surface area contributed by atoms with Gasteiger partial charge in [0.1, 0.15) is 5.75 Å². The highest BCUT2D eigenvalue weighted by atomic mass is 79.9. The zero-order chi connectivity index (χ0) is 16.9. The predicted molar refractivity (Wildman–Crippen MR) is 99.9 cm³/mol. The first-order valence-electron chi connectivity index (χ1n) is 8.05. The molecular weight excluding hydrogens is 366 g/mol. The van der Waals surface area contributed by atoms with E-state index >= 15 is 0 Å². The van der Waals surface area contributed by atoms with Gasteiger partial charge in [0.05, 0.1) is 13.2 Å². The van der Waals surface area contributed by atoms with E-state index in [2.05, 4.69) is 15.9 Å². The third kappa shape index (κ3) is 3.88. The van der Waals surface area contributed by atoms with Gasteiger partial charge in [-0.3, -0.25) is 4.79 Å². The summed E-state index contributed by atoms with van der Waals surface area (Å²) in [5, 5.41) is 0. The lowest BCUT2D eigenvalue weighted by Crippen LogP contribution is -2.28. The van der Waals surface area contributed by atoms with Gasteiger partial charge in [0, 0.05) is 17.1 Å². The molecule has 0 aromatic heterocycles. The van der Waals surface area contributed by atoms with Gasteiger partial charge < -0.3 is 9.64 Å². The highest BCUT2D eigenvalue weighted by molar-refractivity contribution is 9.10. The van der Waals surface area contributed by atoms with Gasteiger partial charge in [-0.25, -0.2) is 0 Å². The van der Waals surface area contributed by atoms with Crippen molar-refractivity contribution in [1.29, 1.82) is 0 Å². The molecule has 0 saturated carbocycles. The van der Waals surface area contributed by atoms with Crippen molar-refractivity contribution in [2.75, 3.05) is 13.7 Å². The number of methoxy groups -OCH3 is 1. The van der Waals surface area contributed by atoms with Crippen molar-refractivity contribution in [3.63, 3.8) is 0 Å². The summed E-state index contributed by atoms with van der Waals surface area (Å²) >= 11 is 3.42. The fourth-order valence-corrected chi connectivity index (χ4v) is 3.30. The van der Waals surface area contributed by atoms with Crippen molar-refractivity contribution < 1.29 is 9.53 Å². The molecule has 1 heterocycles. The van der Waals surface area contributed by atoms with Gasteiger partial charge in [-0.15, -0.1) is 0 Å². The van der Waals surface area contributed by atoms with Crippen LogP contribution in [0, 0.1) is 0 Å². The average Bonchev–Trinajstić information content (AvgIpc) is 3.11. The lowest BCUT2D eigenvalue weighted by atomic mass is 10.0. The molecule has 0 aliphatic carbocycles. The molecule has 2 aromatic carbocycles. The summed E-state index contributed by atoms with van der Waals surface area (Å²) in [5.74, 6) is 0.904. The number of benzene rings is 2. The Balaban J connectivity index is 1.71. The Morgan fingerprint density at radius 1 is 1.17 bits per heavy atom. The average molecular weight is 386 g/mol. The Labute approximate surface area is 151 Å². The van der Waals surface area contributed by atoms with Crippen molar-refractivity contribution in [2.45, 2.75) is 18.9 Å². The molecule has 1 saturated heterocycles. The Kier molecular flexibility index (Phi) is 5.36. The Bertz CT molecular complexity index is 722.